The lowest BCUT2D eigenvalue weighted by atomic mass is 9.94. The van der Waals surface area contributed by atoms with Gasteiger partial charge in [0.25, 0.3) is 11.5 Å². The molecular weight excluding hydrogens is 376 g/mol. The van der Waals surface area contributed by atoms with E-state index in [-0.39, 0.29) is 23.6 Å². The summed E-state index contributed by atoms with van der Waals surface area (Å²) in [5.74, 6) is -0.134. The van der Waals surface area contributed by atoms with Crippen molar-refractivity contribution in [3.05, 3.63) is 74.3 Å². The summed E-state index contributed by atoms with van der Waals surface area (Å²) in [5.41, 5.74) is 9.68. The molecular formula is C21H23ClN4O2. The van der Waals surface area contributed by atoms with Crippen molar-refractivity contribution in [2.75, 3.05) is 4.90 Å². The van der Waals surface area contributed by atoms with E-state index in [0.29, 0.717) is 28.0 Å². The van der Waals surface area contributed by atoms with Gasteiger partial charge in [0.2, 0.25) is 0 Å². The standard InChI is InChI=1S/C21H23ClN4O2/c1-11-9-16(10-24-20(11)27)26-19(13-3-5-14(22)6-4-13)17(12(2)23)18(21(26)28)25-15-7-8-15/h3-6,9-10,12,15,19,25H,7-8,23H2,1-2H3,(H,24,27)/t12?,19-/m1/s1. The molecule has 1 aliphatic heterocycles. The average Bonchev–Trinajstić information content (AvgIpc) is 3.42. The van der Waals surface area contributed by atoms with Crippen molar-refractivity contribution in [2.45, 2.75) is 44.8 Å². The minimum absolute atomic E-state index is 0.134. The third-order valence-electron chi connectivity index (χ3n) is 5.23. The van der Waals surface area contributed by atoms with Crippen LogP contribution in [0.5, 0.6) is 0 Å². The van der Waals surface area contributed by atoms with Crippen molar-refractivity contribution in [2.24, 2.45) is 5.73 Å². The van der Waals surface area contributed by atoms with Crippen LogP contribution in [0.1, 0.15) is 36.9 Å². The smallest absolute Gasteiger partial charge is 0.275 e. The summed E-state index contributed by atoms with van der Waals surface area (Å²) in [6.45, 7) is 3.62. The molecule has 0 spiro atoms. The number of nitrogens with one attached hydrogen (secondary N) is 2. The van der Waals surface area contributed by atoms with Gasteiger partial charge in [0, 0.05) is 34.4 Å². The number of rotatable bonds is 5. The zero-order valence-corrected chi connectivity index (χ0v) is 16.6. The Hall–Kier alpha value is -2.57. The highest BCUT2D eigenvalue weighted by atomic mass is 35.5. The second kappa shape index (κ2) is 7.11. The molecule has 0 saturated heterocycles. The lowest BCUT2D eigenvalue weighted by Crippen LogP contribution is -2.34. The molecule has 1 fully saturated rings. The zero-order valence-electron chi connectivity index (χ0n) is 15.8. The quantitative estimate of drug-likeness (QED) is 0.722. The van der Waals surface area contributed by atoms with Crippen LogP contribution in [-0.2, 0) is 4.79 Å². The molecule has 7 heteroatoms. The minimum Gasteiger partial charge on any atom is -0.378 e. The maximum Gasteiger partial charge on any atom is 0.275 e. The van der Waals surface area contributed by atoms with Crippen LogP contribution in [0.4, 0.5) is 5.69 Å². The van der Waals surface area contributed by atoms with Gasteiger partial charge in [-0.2, -0.15) is 0 Å². The van der Waals surface area contributed by atoms with Crippen LogP contribution < -0.4 is 21.5 Å². The van der Waals surface area contributed by atoms with E-state index < -0.39 is 0 Å². The summed E-state index contributed by atoms with van der Waals surface area (Å²) in [7, 11) is 0. The first-order valence-corrected chi connectivity index (χ1v) is 9.79. The fourth-order valence-electron chi connectivity index (χ4n) is 3.65. The van der Waals surface area contributed by atoms with Gasteiger partial charge in [-0.05, 0) is 50.5 Å². The summed E-state index contributed by atoms with van der Waals surface area (Å²) in [5, 5.41) is 4.01. The summed E-state index contributed by atoms with van der Waals surface area (Å²) < 4.78 is 0. The number of nitrogens with zero attached hydrogens (tertiary/aromatic N) is 1. The summed E-state index contributed by atoms with van der Waals surface area (Å²) >= 11 is 6.07. The second-order valence-electron chi connectivity index (χ2n) is 7.54. The highest BCUT2D eigenvalue weighted by molar-refractivity contribution is 6.30. The van der Waals surface area contributed by atoms with Gasteiger partial charge in [0.15, 0.2) is 0 Å². The molecule has 2 aliphatic rings. The molecule has 1 aromatic carbocycles. The zero-order chi connectivity index (χ0) is 20.0. The third-order valence-corrected chi connectivity index (χ3v) is 5.48. The van der Waals surface area contributed by atoms with Crippen molar-refractivity contribution in [3.63, 3.8) is 0 Å². The molecule has 2 heterocycles. The Morgan fingerprint density at radius 2 is 1.93 bits per heavy atom. The van der Waals surface area contributed by atoms with Gasteiger partial charge in [-0.1, -0.05) is 23.7 Å². The Bertz CT molecular complexity index is 1010. The average molecular weight is 399 g/mol. The molecule has 0 radical (unpaired) electrons. The van der Waals surface area contributed by atoms with Crippen molar-refractivity contribution in [3.8, 4) is 0 Å². The van der Waals surface area contributed by atoms with Crippen molar-refractivity contribution >= 4 is 23.2 Å². The van der Waals surface area contributed by atoms with E-state index in [4.69, 9.17) is 17.3 Å². The van der Waals surface area contributed by atoms with Crippen LogP contribution in [-0.4, -0.2) is 23.0 Å². The molecule has 1 aliphatic carbocycles. The number of aromatic nitrogens is 1. The number of carbonyl (C=O) groups is 1. The predicted octanol–water partition coefficient (Wildman–Crippen LogP) is 2.78. The number of hydrogen-bond acceptors (Lipinski definition) is 4. The van der Waals surface area contributed by atoms with E-state index in [1.807, 2.05) is 31.2 Å². The third kappa shape index (κ3) is 3.34. The molecule has 1 saturated carbocycles. The number of H-pyrrole nitrogens is 1. The minimum atomic E-state index is -0.365. The van der Waals surface area contributed by atoms with Gasteiger partial charge in [-0.25, -0.2) is 0 Å². The molecule has 0 bridgehead atoms. The molecule has 2 aromatic rings. The lowest BCUT2D eigenvalue weighted by molar-refractivity contribution is -0.115. The Morgan fingerprint density at radius 1 is 1.25 bits per heavy atom. The maximum absolute atomic E-state index is 13.5. The summed E-state index contributed by atoms with van der Waals surface area (Å²) in [4.78, 5) is 29.7. The molecule has 1 amide bonds. The van der Waals surface area contributed by atoms with Gasteiger partial charge >= 0.3 is 0 Å². The Morgan fingerprint density at radius 3 is 2.50 bits per heavy atom. The van der Waals surface area contributed by atoms with Crippen LogP contribution >= 0.6 is 11.6 Å². The van der Waals surface area contributed by atoms with Crippen molar-refractivity contribution in [1.29, 1.82) is 0 Å². The van der Waals surface area contributed by atoms with Gasteiger partial charge in [0.05, 0.1) is 11.7 Å². The van der Waals surface area contributed by atoms with Gasteiger partial charge in [-0.3, -0.25) is 14.5 Å². The highest BCUT2D eigenvalue weighted by Gasteiger charge is 2.44. The van der Waals surface area contributed by atoms with E-state index in [2.05, 4.69) is 10.3 Å². The normalized spacial score (nSPS) is 20.6. The SMILES string of the molecule is Cc1cc(N2C(=O)C(NC3CC3)=C(C(C)N)[C@H]2c2ccc(Cl)cc2)c[nH]c1=O. The largest absolute Gasteiger partial charge is 0.378 e. The maximum atomic E-state index is 13.5. The number of benzene rings is 1. The van der Waals surface area contributed by atoms with Crippen LogP contribution in [0.25, 0.3) is 0 Å². The van der Waals surface area contributed by atoms with Crippen LogP contribution in [0.2, 0.25) is 5.02 Å². The second-order valence-corrected chi connectivity index (χ2v) is 7.97. The topological polar surface area (TPSA) is 91.2 Å². The Kier molecular flexibility index (Phi) is 4.77. The number of pyridine rings is 1. The van der Waals surface area contributed by atoms with Crippen LogP contribution in [0, 0.1) is 6.92 Å². The van der Waals surface area contributed by atoms with Gasteiger partial charge < -0.3 is 16.0 Å². The molecule has 1 aromatic heterocycles. The molecule has 4 rings (SSSR count). The number of aryl methyl sites for hydroxylation is 1. The van der Waals surface area contributed by atoms with Gasteiger partial charge in [0.1, 0.15) is 5.70 Å². The number of amides is 1. The number of hydrogen-bond donors (Lipinski definition) is 3. The first-order valence-electron chi connectivity index (χ1n) is 9.41. The van der Waals surface area contributed by atoms with E-state index in [1.165, 1.54) is 0 Å². The molecule has 1 unspecified atom stereocenters. The Labute approximate surface area is 168 Å². The number of carbonyl (C=O) groups excluding carboxylic acids is 1. The molecule has 2 atom stereocenters. The highest BCUT2D eigenvalue weighted by Crippen LogP contribution is 2.42. The number of anilines is 1. The number of nitrogens with two attached hydrogens (primary N) is 1. The molecule has 28 heavy (non-hydrogen) atoms. The fraction of sp³-hybridized carbons (Fsp3) is 0.333. The molecule has 6 nitrogen and oxygen atoms in total. The molecule has 146 valence electrons. The van der Waals surface area contributed by atoms with Gasteiger partial charge in [-0.15, -0.1) is 0 Å². The first kappa shape index (κ1) is 18.8. The molecule has 4 N–H and O–H groups in total. The summed E-state index contributed by atoms with van der Waals surface area (Å²) in [6.07, 6.45) is 3.67. The van der Waals surface area contributed by atoms with Crippen LogP contribution in [0.3, 0.4) is 0 Å². The van der Waals surface area contributed by atoms with E-state index in [1.54, 1.807) is 24.1 Å². The lowest BCUT2D eigenvalue weighted by Gasteiger charge is -2.28. The number of halogens is 1. The summed E-state index contributed by atoms with van der Waals surface area (Å²) in [6, 6.07) is 8.80. The Balaban J connectivity index is 1.87. The van der Waals surface area contributed by atoms with Crippen molar-refractivity contribution < 1.29 is 4.79 Å². The fourth-order valence-corrected chi connectivity index (χ4v) is 3.78. The van der Waals surface area contributed by atoms with E-state index in [9.17, 15) is 9.59 Å². The first-order chi connectivity index (χ1) is 13.4. The number of aromatic amines is 1. The predicted molar refractivity (Wildman–Crippen MR) is 110 cm³/mol. The van der Waals surface area contributed by atoms with Crippen LogP contribution in [0.15, 0.2) is 52.6 Å². The van der Waals surface area contributed by atoms with Crippen molar-refractivity contribution in [1.82, 2.24) is 10.3 Å². The van der Waals surface area contributed by atoms with E-state index >= 15 is 0 Å². The van der Waals surface area contributed by atoms with E-state index in [0.717, 1.165) is 24.0 Å². The monoisotopic (exact) mass is 398 g/mol.